The summed E-state index contributed by atoms with van der Waals surface area (Å²) in [6, 6.07) is 8.04. The van der Waals surface area contributed by atoms with Crippen LogP contribution in [-0.2, 0) is 12.8 Å². The second-order valence-corrected chi connectivity index (χ2v) is 5.31. The standard InChI is InChI=1S/C14H17N3O2S/c1-2-10-4-3-5-11(8-10)19-7-6-13-16-9-12(20-13)14(18)17-15/h3-5,8-9H,2,6-7,15H2,1H3,(H,17,18). The molecule has 0 fully saturated rings. The van der Waals surface area contributed by atoms with Crippen LogP contribution in [0, 0.1) is 0 Å². The maximum atomic E-state index is 11.3. The molecule has 106 valence electrons. The number of nitrogens with one attached hydrogen (secondary N) is 1. The molecule has 0 aliphatic rings. The van der Waals surface area contributed by atoms with Crippen molar-refractivity contribution in [2.24, 2.45) is 5.84 Å². The van der Waals surface area contributed by atoms with E-state index in [0.717, 1.165) is 17.2 Å². The van der Waals surface area contributed by atoms with E-state index in [0.29, 0.717) is 17.9 Å². The van der Waals surface area contributed by atoms with Crippen molar-refractivity contribution in [3.05, 3.63) is 45.9 Å². The number of hydrogen-bond donors (Lipinski definition) is 2. The largest absolute Gasteiger partial charge is 0.493 e. The van der Waals surface area contributed by atoms with Crippen LogP contribution in [0.5, 0.6) is 5.75 Å². The van der Waals surface area contributed by atoms with Crippen LogP contribution in [0.2, 0.25) is 0 Å². The number of hydrazine groups is 1. The molecule has 0 saturated carbocycles. The van der Waals surface area contributed by atoms with Crippen LogP contribution in [0.15, 0.2) is 30.5 Å². The molecule has 20 heavy (non-hydrogen) atoms. The highest BCUT2D eigenvalue weighted by Gasteiger charge is 2.08. The van der Waals surface area contributed by atoms with Crippen LogP contribution in [-0.4, -0.2) is 17.5 Å². The van der Waals surface area contributed by atoms with Gasteiger partial charge >= 0.3 is 0 Å². The van der Waals surface area contributed by atoms with E-state index in [1.807, 2.05) is 18.2 Å². The van der Waals surface area contributed by atoms with Crippen LogP contribution in [0.3, 0.4) is 0 Å². The van der Waals surface area contributed by atoms with Gasteiger partial charge in [0.25, 0.3) is 5.91 Å². The number of nitrogens with zero attached hydrogens (tertiary/aromatic N) is 1. The van der Waals surface area contributed by atoms with Gasteiger partial charge in [0.1, 0.15) is 10.6 Å². The van der Waals surface area contributed by atoms with Crippen LogP contribution < -0.4 is 16.0 Å². The highest BCUT2D eigenvalue weighted by atomic mass is 32.1. The number of hydrogen-bond acceptors (Lipinski definition) is 5. The quantitative estimate of drug-likeness (QED) is 0.484. The molecular formula is C14H17N3O2S. The molecule has 3 N–H and O–H groups in total. The average molecular weight is 291 g/mol. The Balaban J connectivity index is 1.86. The fraction of sp³-hybridized carbons (Fsp3) is 0.286. The SMILES string of the molecule is CCc1cccc(OCCc2ncc(C(=O)NN)s2)c1. The molecule has 0 radical (unpaired) electrons. The lowest BCUT2D eigenvalue weighted by Crippen LogP contribution is -2.29. The number of aromatic nitrogens is 1. The summed E-state index contributed by atoms with van der Waals surface area (Å²) in [5.74, 6) is 5.62. The van der Waals surface area contributed by atoms with Crippen LogP contribution in [0.4, 0.5) is 0 Å². The van der Waals surface area contributed by atoms with Crippen molar-refractivity contribution in [2.45, 2.75) is 19.8 Å². The molecular weight excluding hydrogens is 274 g/mol. The lowest BCUT2D eigenvalue weighted by molar-refractivity contribution is 0.0957. The zero-order chi connectivity index (χ0) is 14.4. The van der Waals surface area contributed by atoms with Gasteiger partial charge in [-0.05, 0) is 24.1 Å². The Hall–Kier alpha value is -1.92. The third kappa shape index (κ3) is 3.79. The molecule has 5 nitrogen and oxygen atoms in total. The van der Waals surface area contributed by atoms with Crippen molar-refractivity contribution in [1.82, 2.24) is 10.4 Å². The van der Waals surface area contributed by atoms with E-state index in [1.165, 1.54) is 23.1 Å². The Morgan fingerprint density at radius 3 is 3.10 bits per heavy atom. The monoisotopic (exact) mass is 291 g/mol. The molecule has 1 aromatic carbocycles. The van der Waals surface area contributed by atoms with Crippen LogP contribution in [0.25, 0.3) is 0 Å². The molecule has 0 aliphatic carbocycles. The van der Waals surface area contributed by atoms with Crippen molar-refractivity contribution in [1.29, 1.82) is 0 Å². The first-order valence-corrected chi connectivity index (χ1v) is 7.22. The third-order valence-electron chi connectivity index (χ3n) is 2.80. The molecule has 1 amide bonds. The predicted molar refractivity (Wildman–Crippen MR) is 78.8 cm³/mol. The molecule has 1 aromatic heterocycles. The Labute approximate surface area is 121 Å². The number of nitrogens with two attached hydrogens (primary N) is 1. The maximum Gasteiger partial charge on any atom is 0.276 e. The second-order valence-electron chi connectivity index (χ2n) is 4.19. The fourth-order valence-electron chi connectivity index (χ4n) is 1.71. The Bertz CT molecular complexity index is 583. The van der Waals surface area contributed by atoms with Crippen molar-refractivity contribution in [3.63, 3.8) is 0 Å². The Kier molecular flexibility index (Phi) is 5.09. The fourth-order valence-corrected chi connectivity index (χ4v) is 2.52. The predicted octanol–water partition coefficient (Wildman–Crippen LogP) is 1.93. The van der Waals surface area contributed by atoms with E-state index in [9.17, 15) is 4.79 Å². The van der Waals surface area contributed by atoms with Gasteiger partial charge < -0.3 is 4.74 Å². The number of amides is 1. The number of benzene rings is 1. The summed E-state index contributed by atoms with van der Waals surface area (Å²) in [4.78, 5) is 16.0. The molecule has 0 unspecified atom stereocenters. The van der Waals surface area contributed by atoms with Gasteiger partial charge in [-0.3, -0.25) is 10.2 Å². The lowest BCUT2D eigenvalue weighted by atomic mass is 10.2. The summed E-state index contributed by atoms with van der Waals surface area (Å²) in [6.07, 6.45) is 3.18. The molecule has 0 bridgehead atoms. The number of nitrogen functional groups attached to an aromatic ring is 1. The highest BCUT2D eigenvalue weighted by Crippen LogP contribution is 2.16. The molecule has 2 rings (SSSR count). The van der Waals surface area contributed by atoms with Gasteiger partial charge in [0.15, 0.2) is 0 Å². The van der Waals surface area contributed by atoms with Crippen molar-refractivity contribution in [3.8, 4) is 5.75 Å². The number of thiazole rings is 1. The van der Waals surface area contributed by atoms with E-state index in [-0.39, 0.29) is 5.91 Å². The molecule has 0 spiro atoms. The highest BCUT2D eigenvalue weighted by molar-refractivity contribution is 7.13. The van der Waals surface area contributed by atoms with E-state index in [1.54, 1.807) is 0 Å². The van der Waals surface area contributed by atoms with Gasteiger partial charge in [0.05, 0.1) is 17.8 Å². The first-order chi connectivity index (χ1) is 9.72. The van der Waals surface area contributed by atoms with Gasteiger partial charge in [0, 0.05) is 6.42 Å². The van der Waals surface area contributed by atoms with Crippen molar-refractivity contribution in [2.75, 3.05) is 6.61 Å². The van der Waals surface area contributed by atoms with Crippen molar-refractivity contribution >= 4 is 17.2 Å². The first-order valence-electron chi connectivity index (χ1n) is 6.40. The minimum Gasteiger partial charge on any atom is -0.493 e. The number of carbonyl (C=O) groups excluding carboxylic acids is 1. The molecule has 1 heterocycles. The molecule has 2 aromatic rings. The summed E-state index contributed by atoms with van der Waals surface area (Å²) in [5.41, 5.74) is 3.34. The summed E-state index contributed by atoms with van der Waals surface area (Å²) in [6.45, 7) is 2.64. The van der Waals surface area contributed by atoms with E-state index >= 15 is 0 Å². The van der Waals surface area contributed by atoms with Crippen LogP contribution in [0.1, 0.15) is 27.2 Å². The zero-order valence-electron chi connectivity index (χ0n) is 11.3. The molecule has 6 heteroatoms. The lowest BCUT2D eigenvalue weighted by Gasteiger charge is -2.06. The first kappa shape index (κ1) is 14.5. The van der Waals surface area contributed by atoms with E-state index in [2.05, 4.69) is 23.4 Å². The summed E-state index contributed by atoms with van der Waals surface area (Å²) in [7, 11) is 0. The third-order valence-corrected chi connectivity index (χ3v) is 3.86. The summed E-state index contributed by atoms with van der Waals surface area (Å²) >= 11 is 1.33. The number of aryl methyl sites for hydroxylation is 1. The number of ether oxygens (including phenoxy) is 1. The van der Waals surface area contributed by atoms with Crippen LogP contribution >= 0.6 is 11.3 Å². The normalized spacial score (nSPS) is 10.3. The minimum atomic E-state index is -0.315. The topological polar surface area (TPSA) is 77.2 Å². The van der Waals surface area contributed by atoms with Gasteiger partial charge in [-0.15, -0.1) is 11.3 Å². The minimum absolute atomic E-state index is 0.315. The zero-order valence-corrected chi connectivity index (χ0v) is 12.1. The smallest absolute Gasteiger partial charge is 0.276 e. The molecule has 0 saturated heterocycles. The molecule has 0 atom stereocenters. The Morgan fingerprint density at radius 1 is 1.50 bits per heavy atom. The van der Waals surface area contributed by atoms with Gasteiger partial charge in [-0.2, -0.15) is 0 Å². The number of rotatable bonds is 6. The van der Waals surface area contributed by atoms with Gasteiger partial charge in [0.2, 0.25) is 0 Å². The van der Waals surface area contributed by atoms with E-state index < -0.39 is 0 Å². The average Bonchev–Trinajstić information content (AvgIpc) is 2.95. The molecule has 0 aliphatic heterocycles. The summed E-state index contributed by atoms with van der Waals surface area (Å²) in [5, 5.41) is 0.857. The second kappa shape index (κ2) is 7.02. The Morgan fingerprint density at radius 2 is 2.35 bits per heavy atom. The maximum absolute atomic E-state index is 11.3. The van der Waals surface area contributed by atoms with Gasteiger partial charge in [-0.25, -0.2) is 10.8 Å². The van der Waals surface area contributed by atoms with Gasteiger partial charge in [-0.1, -0.05) is 19.1 Å². The summed E-state index contributed by atoms with van der Waals surface area (Å²) < 4.78 is 5.69. The van der Waals surface area contributed by atoms with Crippen molar-refractivity contribution < 1.29 is 9.53 Å². The van der Waals surface area contributed by atoms with E-state index in [4.69, 9.17) is 10.6 Å². The number of carbonyl (C=O) groups is 1.